The number of urea groups is 1. The van der Waals surface area contributed by atoms with Crippen molar-refractivity contribution in [3.05, 3.63) is 70.2 Å². The summed E-state index contributed by atoms with van der Waals surface area (Å²) in [5, 5.41) is 14.3. The van der Waals surface area contributed by atoms with Crippen molar-refractivity contribution in [3.63, 3.8) is 0 Å². The SMILES string of the molecule is O=C(Nc1ccccc1)c1nnc(C2CCCN(C(=O)Nc3cccc(C(F)(F)F)c3)C2)s1. The molecular formula is C22H20F3N5O2S. The number of anilines is 2. The Labute approximate surface area is 191 Å². The molecular weight excluding hydrogens is 455 g/mol. The van der Waals surface area contributed by atoms with Crippen LogP contribution in [0.3, 0.4) is 0 Å². The van der Waals surface area contributed by atoms with E-state index in [0.717, 1.165) is 18.6 Å². The van der Waals surface area contributed by atoms with Gasteiger partial charge in [-0.1, -0.05) is 35.6 Å². The molecule has 2 aromatic carbocycles. The number of aromatic nitrogens is 2. The van der Waals surface area contributed by atoms with Crippen molar-refractivity contribution in [2.24, 2.45) is 0 Å². The first kappa shape index (κ1) is 22.7. The van der Waals surface area contributed by atoms with Gasteiger partial charge in [-0.05, 0) is 43.2 Å². The summed E-state index contributed by atoms with van der Waals surface area (Å²) in [6.07, 6.45) is -3.02. The maximum absolute atomic E-state index is 12.9. The molecule has 33 heavy (non-hydrogen) atoms. The Morgan fingerprint density at radius 1 is 1.00 bits per heavy atom. The van der Waals surface area contributed by atoms with Crippen molar-refractivity contribution in [1.29, 1.82) is 0 Å². The highest BCUT2D eigenvalue weighted by molar-refractivity contribution is 7.13. The van der Waals surface area contributed by atoms with Crippen molar-refractivity contribution < 1.29 is 22.8 Å². The Kier molecular flexibility index (Phi) is 6.59. The van der Waals surface area contributed by atoms with Crippen LogP contribution in [0.1, 0.15) is 39.1 Å². The third-order valence-electron chi connectivity index (χ3n) is 5.17. The summed E-state index contributed by atoms with van der Waals surface area (Å²) in [5.41, 5.74) is -0.103. The van der Waals surface area contributed by atoms with Crippen LogP contribution in [0.15, 0.2) is 54.6 Å². The van der Waals surface area contributed by atoms with Crippen LogP contribution in [-0.4, -0.2) is 40.1 Å². The van der Waals surface area contributed by atoms with Gasteiger partial charge in [-0.15, -0.1) is 10.2 Å². The molecule has 1 aliphatic rings. The van der Waals surface area contributed by atoms with Crippen molar-refractivity contribution in [2.45, 2.75) is 24.9 Å². The number of benzene rings is 2. The fourth-order valence-electron chi connectivity index (χ4n) is 3.54. The van der Waals surface area contributed by atoms with Crippen LogP contribution in [0, 0.1) is 0 Å². The molecule has 3 aromatic rings. The zero-order chi connectivity index (χ0) is 23.4. The average molecular weight is 475 g/mol. The van der Waals surface area contributed by atoms with Crippen molar-refractivity contribution in [3.8, 4) is 0 Å². The number of hydrogen-bond donors (Lipinski definition) is 2. The molecule has 2 heterocycles. The van der Waals surface area contributed by atoms with E-state index in [0.29, 0.717) is 30.2 Å². The quantitative estimate of drug-likeness (QED) is 0.542. The predicted molar refractivity (Wildman–Crippen MR) is 118 cm³/mol. The molecule has 1 unspecified atom stereocenters. The molecule has 1 fully saturated rings. The van der Waals surface area contributed by atoms with Gasteiger partial charge in [0.25, 0.3) is 5.91 Å². The fraction of sp³-hybridized carbons (Fsp3) is 0.273. The van der Waals surface area contributed by atoms with Gasteiger partial charge in [0, 0.05) is 30.4 Å². The van der Waals surface area contributed by atoms with E-state index in [1.165, 1.54) is 23.5 Å². The topological polar surface area (TPSA) is 87.2 Å². The first-order chi connectivity index (χ1) is 15.8. The van der Waals surface area contributed by atoms with E-state index >= 15 is 0 Å². The lowest BCUT2D eigenvalue weighted by molar-refractivity contribution is -0.137. The van der Waals surface area contributed by atoms with Crippen LogP contribution in [0.4, 0.5) is 29.3 Å². The number of para-hydroxylation sites is 1. The fourth-order valence-corrected chi connectivity index (χ4v) is 4.40. The number of likely N-dealkylation sites (tertiary alicyclic amines) is 1. The van der Waals surface area contributed by atoms with Crippen LogP contribution in [-0.2, 0) is 6.18 Å². The number of halogens is 3. The van der Waals surface area contributed by atoms with Gasteiger partial charge in [0.2, 0.25) is 5.01 Å². The van der Waals surface area contributed by atoms with Gasteiger partial charge < -0.3 is 15.5 Å². The van der Waals surface area contributed by atoms with Gasteiger partial charge in [0.15, 0.2) is 0 Å². The molecule has 0 bridgehead atoms. The monoisotopic (exact) mass is 475 g/mol. The molecule has 7 nitrogen and oxygen atoms in total. The van der Waals surface area contributed by atoms with E-state index in [9.17, 15) is 22.8 Å². The van der Waals surface area contributed by atoms with E-state index in [-0.39, 0.29) is 22.5 Å². The summed E-state index contributed by atoms with van der Waals surface area (Å²) in [4.78, 5) is 26.6. The highest BCUT2D eigenvalue weighted by Gasteiger charge is 2.31. The first-order valence-electron chi connectivity index (χ1n) is 10.2. The van der Waals surface area contributed by atoms with E-state index < -0.39 is 17.8 Å². The van der Waals surface area contributed by atoms with Gasteiger partial charge in [-0.25, -0.2) is 4.79 Å². The number of hydrogen-bond acceptors (Lipinski definition) is 5. The number of amides is 3. The second kappa shape index (κ2) is 9.57. The van der Waals surface area contributed by atoms with Gasteiger partial charge in [-0.3, -0.25) is 4.79 Å². The highest BCUT2D eigenvalue weighted by atomic mass is 32.1. The smallest absolute Gasteiger partial charge is 0.324 e. The number of piperidine rings is 1. The van der Waals surface area contributed by atoms with Gasteiger partial charge in [0.05, 0.1) is 5.56 Å². The molecule has 0 spiro atoms. The van der Waals surface area contributed by atoms with E-state index in [4.69, 9.17) is 0 Å². The Hall–Kier alpha value is -3.47. The minimum atomic E-state index is -4.49. The molecule has 1 atom stereocenters. The van der Waals surface area contributed by atoms with Crippen molar-refractivity contribution in [1.82, 2.24) is 15.1 Å². The van der Waals surface area contributed by atoms with Crippen molar-refractivity contribution in [2.75, 3.05) is 23.7 Å². The molecule has 0 saturated carbocycles. The number of nitrogens with one attached hydrogen (secondary N) is 2. The van der Waals surface area contributed by atoms with E-state index in [1.54, 1.807) is 17.0 Å². The largest absolute Gasteiger partial charge is 0.416 e. The molecule has 172 valence electrons. The minimum absolute atomic E-state index is 0.0766. The predicted octanol–water partition coefficient (Wildman–Crippen LogP) is 5.22. The highest BCUT2D eigenvalue weighted by Crippen LogP contribution is 2.32. The maximum atomic E-state index is 12.9. The molecule has 11 heteroatoms. The van der Waals surface area contributed by atoms with Crippen LogP contribution in [0.2, 0.25) is 0 Å². The zero-order valence-corrected chi connectivity index (χ0v) is 18.1. The normalized spacial score (nSPS) is 16.3. The van der Waals surface area contributed by atoms with Crippen LogP contribution in [0.25, 0.3) is 0 Å². The molecule has 3 amide bonds. The second-order valence-electron chi connectivity index (χ2n) is 7.56. The Bertz CT molecular complexity index is 1140. The number of rotatable bonds is 4. The molecule has 4 rings (SSSR count). The van der Waals surface area contributed by atoms with Crippen LogP contribution < -0.4 is 10.6 Å². The summed E-state index contributed by atoms with van der Waals surface area (Å²) >= 11 is 1.17. The summed E-state index contributed by atoms with van der Waals surface area (Å²) in [5.74, 6) is -0.471. The minimum Gasteiger partial charge on any atom is -0.324 e. The molecule has 0 aliphatic carbocycles. The van der Waals surface area contributed by atoms with Gasteiger partial charge in [0.1, 0.15) is 5.01 Å². The average Bonchev–Trinajstić information content (AvgIpc) is 3.30. The molecule has 1 saturated heterocycles. The molecule has 1 aromatic heterocycles. The van der Waals surface area contributed by atoms with Gasteiger partial charge >= 0.3 is 12.2 Å². The number of alkyl halides is 3. The number of carbonyl (C=O) groups excluding carboxylic acids is 2. The standard InChI is InChI=1S/C22H20F3N5O2S/c23-22(24,25)15-7-4-10-17(12-15)27-21(32)30-11-5-6-14(13-30)19-28-29-20(33-19)18(31)26-16-8-2-1-3-9-16/h1-4,7-10,12,14H,5-6,11,13H2,(H,26,31)(H,27,32). The Morgan fingerprint density at radius 2 is 1.76 bits per heavy atom. The Morgan fingerprint density at radius 3 is 2.52 bits per heavy atom. The van der Waals surface area contributed by atoms with Crippen molar-refractivity contribution >= 4 is 34.6 Å². The summed E-state index contributed by atoms with van der Waals surface area (Å²) in [7, 11) is 0. The maximum Gasteiger partial charge on any atom is 0.416 e. The first-order valence-corrected chi connectivity index (χ1v) is 11.0. The molecule has 2 N–H and O–H groups in total. The van der Waals surface area contributed by atoms with E-state index in [1.807, 2.05) is 18.2 Å². The summed E-state index contributed by atoms with van der Waals surface area (Å²) in [6.45, 7) is 0.807. The molecule has 0 radical (unpaired) electrons. The second-order valence-corrected chi connectivity index (χ2v) is 8.57. The van der Waals surface area contributed by atoms with Gasteiger partial charge in [-0.2, -0.15) is 13.2 Å². The van der Waals surface area contributed by atoms with Crippen LogP contribution in [0.5, 0.6) is 0 Å². The molecule has 1 aliphatic heterocycles. The third kappa shape index (κ3) is 5.67. The third-order valence-corrected chi connectivity index (χ3v) is 6.25. The summed E-state index contributed by atoms with van der Waals surface area (Å²) in [6, 6.07) is 13.0. The Balaban J connectivity index is 1.39. The number of carbonyl (C=O) groups is 2. The lowest BCUT2D eigenvalue weighted by Crippen LogP contribution is -2.41. The lowest BCUT2D eigenvalue weighted by atomic mass is 9.99. The zero-order valence-electron chi connectivity index (χ0n) is 17.3. The van der Waals surface area contributed by atoms with Crippen LogP contribution >= 0.6 is 11.3 Å². The summed E-state index contributed by atoms with van der Waals surface area (Å²) < 4.78 is 38.7. The number of nitrogens with zero attached hydrogens (tertiary/aromatic N) is 3. The van der Waals surface area contributed by atoms with E-state index in [2.05, 4.69) is 20.8 Å². The lowest BCUT2D eigenvalue weighted by Gasteiger charge is -2.31.